The number of rotatable bonds is 4. The van der Waals surface area contributed by atoms with E-state index in [2.05, 4.69) is 4.90 Å². The fourth-order valence-electron chi connectivity index (χ4n) is 3.50. The molecule has 1 fully saturated rings. The van der Waals surface area contributed by atoms with Crippen molar-refractivity contribution in [2.75, 3.05) is 19.6 Å². The third-order valence-electron chi connectivity index (χ3n) is 5.02. The second-order valence-corrected chi connectivity index (χ2v) is 7.15. The highest BCUT2D eigenvalue weighted by atomic mass is 35.5. The van der Waals surface area contributed by atoms with Gasteiger partial charge in [-0.15, -0.1) is 0 Å². The van der Waals surface area contributed by atoms with Gasteiger partial charge in [0.15, 0.2) is 0 Å². The summed E-state index contributed by atoms with van der Waals surface area (Å²) in [6.45, 7) is 4.17. The molecule has 0 amide bonds. The lowest BCUT2D eigenvalue weighted by Gasteiger charge is -2.39. The van der Waals surface area contributed by atoms with Crippen molar-refractivity contribution < 1.29 is 10.2 Å². The van der Waals surface area contributed by atoms with E-state index in [4.69, 9.17) is 11.6 Å². The number of nitrogens with zero attached hydrogens (tertiary/aromatic N) is 1. The molecule has 0 aliphatic carbocycles. The first kappa shape index (κ1) is 17.4. The summed E-state index contributed by atoms with van der Waals surface area (Å²) in [7, 11) is 0. The van der Waals surface area contributed by atoms with Gasteiger partial charge in [0.1, 0.15) is 0 Å². The first-order valence-electron chi connectivity index (χ1n) is 8.42. The van der Waals surface area contributed by atoms with E-state index in [9.17, 15) is 10.2 Å². The highest BCUT2D eigenvalue weighted by Crippen LogP contribution is 2.35. The number of aliphatic hydroxyl groups excluding tert-OH is 1. The highest BCUT2D eigenvalue weighted by Gasteiger charge is 2.35. The Morgan fingerprint density at radius 3 is 2.33 bits per heavy atom. The van der Waals surface area contributed by atoms with Crippen LogP contribution >= 0.6 is 11.6 Å². The van der Waals surface area contributed by atoms with E-state index in [1.54, 1.807) is 12.1 Å². The van der Waals surface area contributed by atoms with Gasteiger partial charge >= 0.3 is 0 Å². The van der Waals surface area contributed by atoms with Crippen LogP contribution in [0.4, 0.5) is 0 Å². The van der Waals surface area contributed by atoms with Crippen LogP contribution < -0.4 is 0 Å². The molecule has 1 unspecified atom stereocenters. The van der Waals surface area contributed by atoms with Gasteiger partial charge in [0.05, 0.1) is 11.7 Å². The Morgan fingerprint density at radius 2 is 1.71 bits per heavy atom. The van der Waals surface area contributed by atoms with Gasteiger partial charge in [-0.05, 0) is 48.6 Å². The van der Waals surface area contributed by atoms with Crippen LogP contribution in [0.15, 0.2) is 48.5 Å². The number of β-amino-alcohol motifs (C(OH)–C–C–N with tert-alkyl or cyclic N) is 1. The minimum absolute atomic E-state index is 0.535. The molecule has 0 radical (unpaired) electrons. The summed E-state index contributed by atoms with van der Waals surface area (Å²) in [4.78, 5) is 2.21. The fourth-order valence-corrected chi connectivity index (χ4v) is 3.63. The van der Waals surface area contributed by atoms with Crippen LogP contribution in [-0.2, 0) is 5.60 Å². The van der Waals surface area contributed by atoms with Gasteiger partial charge in [0.25, 0.3) is 0 Å². The Hall–Kier alpha value is -1.39. The van der Waals surface area contributed by atoms with Crippen LogP contribution in [-0.4, -0.2) is 34.7 Å². The summed E-state index contributed by atoms with van der Waals surface area (Å²) in [6.07, 6.45) is 0.836. The Morgan fingerprint density at radius 1 is 1.08 bits per heavy atom. The van der Waals surface area contributed by atoms with Gasteiger partial charge < -0.3 is 15.1 Å². The molecule has 1 heterocycles. The van der Waals surface area contributed by atoms with Crippen molar-refractivity contribution in [2.24, 2.45) is 0 Å². The molecule has 0 bridgehead atoms. The Bertz CT molecular complexity index is 678. The van der Waals surface area contributed by atoms with E-state index in [0.29, 0.717) is 24.4 Å². The lowest BCUT2D eigenvalue weighted by Crippen LogP contribution is -2.44. The first-order chi connectivity index (χ1) is 11.5. The van der Waals surface area contributed by atoms with Crippen LogP contribution in [0, 0.1) is 6.92 Å². The third-order valence-corrected chi connectivity index (χ3v) is 5.27. The summed E-state index contributed by atoms with van der Waals surface area (Å²) >= 11 is 5.89. The molecule has 0 aromatic heterocycles. The minimum Gasteiger partial charge on any atom is -0.387 e. The van der Waals surface area contributed by atoms with Gasteiger partial charge in [-0.25, -0.2) is 0 Å². The molecule has 1 atom stereocenters. The topological polar surface area (TPSA) is 43.7 Å². The van der Waals surface area contributed by atoms with E-state index in [1.165, 1.54) is 0 Å². The number of hydrogen-bond acceptors (Lipinski definition) is 3. The SMILES string of the molecule is Cc1ccccc1C1(O)CCN(CC(O)c2ccc(Cl)cc2)CC1. The normalized spacial score (nSPS) is 19.2. The standard InChI is InChI=1S/C20H24ClNO2/c1-15-4-2-3-5-18(15)20(24)10-12-22(13-11-20)14-19(23)16-6-8-17(21)9-7-16/h2-9,19,23-24H,10-14H2,1H3. The maximum Gasteiger partial charge on any atom is 0.0923 e. The van der Waals surface area contributed by atoms with Gasteiger partial charge in [-0.3, -0.25) is 0 Å². The summed E-state index contributed by atoms with van der Waals surface area (Å²) in [5, 5.41) is 22.1. The van der Waals surface area contributed by atoms with Crippen LogP contribution in [0.3, 0.4) is 0 Å². The zero-order chi connectivity index (χ0) is 17.2. The quantitative estimate of drug-likeness (QED) is 0.888. The average molecular weight is 346 g/mol. The number of likely N-dealkylation sites (tertiary alicyclic amines) is 1. The molecule has 3 nitrogen and oxygen atoms in total. The molecule has 2 aromatic carbocycles. The molecule has 1 saturated heterocycles. The van der Waals surface area contributed by atoms with Crippen molar-refractivity contribution in [1.29, 1.82) is 0 Å². The summed E-state index contributed by atoms with van der Waals surface area (Å²) in [5.74, 6) is 0. The van der Waals surface area contributed by atoms with Gasteiger partial charge in [0, 0.05) is 24.7 Å². The molecule has 1 aliphatic rings. The van der Waals surface area contributed by atoms with Crippen molar-refractivity contribution in [3.8, 4) is 0 Å². The smallest absolute Gasteiger partial charge is 0.0923 e. The van der Waals surface area contributed by atoms with E-state index < -0.39 is 11.7 Å². The van der Waals surface area contributed by atoms with Crippen LogP contribution in [0.1, 0.15) is 35.6 Å². The number of halogens is 1. The molecule has 2 N–H and O–H groups in total. The Kier molecular flexibility index (Phi) is 5.26. The highest BCUT2D eigenvalue weighted by molar-refractivity contribution is 6.30. The predicted molar refractivity (Wildman–Crippen MR) is 97.2 cm³/mol. The Labute approximate surface area is 148 Å². The number of aryl methyl sites for hydroxylation is 1. The number of aliphatic hydroxyl groups is 2. The molecule has 0 saturated carbocycles. The molecular formula is C20H24ClNO2. The lowest BCUT2D eigenvalue weighted by atomic mass is 9.82. The minimum atomic E-state index is -0.757. The predicted octanol–water partition coefficient (Wildman–Crippen LogP) is 3.67. The van der Waals surface area contributed by atoms with E-state index in [0.717, 1.165) is 29.8 Å². The van der Waals surface area contributed by atoms with E-state index in [1.807, 2.05) is 43.3 Å². The molecule has 4 heteroatoms. The number of piperidine rings is 1. The molecular weight excluding hydrogens is 322 g/mol. The number of hydrogen-bond donors (Lipinski definition) is 2. The third kappa shape index (κ3) is 3.81. The van der Waals surface area contributed by atoms with Gasteiger partial charge in [0.2, 0.25) is 0 Å². The van der Waals surface area contributed by atoms with Crippen molar-refractivity contribution in [3.05, 3.63) is 70.2 Å². The maximum atomic E-state index is 11.0. The van der Waals surface area contributed by atoms with Gasteiger partial charge in [-0.1, -0.05) is 48.0 Å². The second kappa shape index (κ2) is 7.24. The average Bonchev–Trinajstić information content (AvgIpc) is 2.58. The molecule has 1 aliphatic heterocycles. The first-order valence-corrected chi connectivity index (χ1v) is 8.80. The zero-order valence-electron chi connectivity index (χ0n) is 14.0. The van der Waals surface area contributed by atoms with Gasteiger partial charge in [-0.2, -0.15) is 0 Å². The van der Waals surface area contributed by atoms with Crippen LogP contribution in [0.5, 0.6) is 0 Å². The Balaban J connectivity index is 1.61. The molecule has 128 valence electrons. The molecule has 2 aromatic rings. The van der Waals surface area contributed by atoms with Crippen molar-refractivity contribution in [3.63, 3.8) is 0 Å². The summed E-state index contributed by atoms with van der Waals surface area (Å²) in [6, 6.07) is 15.4. The monoisotopic (exact) mass is 345 g/mol. The second-order valence-electron chi connectivity index (χ2n) is 6.71. The fraction of sp³-hybridized carbons (Fsp3) is 0.400. The van der Waals surface area contributed by atoms with E-state index >= 15 is 0 Å². The zero-order valence-corrected chi connectivity index (χ0v) is 14.7. The van der Waals surface area contributed by atoms with Crippen molar-refractivity contribution >= 4 is 11.6 Å². The summed E-state index contributed by atoms with van der Waals surface area (Å²) < 4.78 is 0. The van der Waals surface area contributed by atoms with E-state index in [-0.39, 0.29) is 0 Å². The van der Waals surface area contributed by atoms with Crippen LogP contribution in [0.2, 0.25) is 5.02 Å². The van der Waals surface area contributed by atoms with Crippen molar-refractivity contribution in [1.82, 2.24) is 4.90 Å². The molecule has 3 rings (SSSR count). The number of benzene rings is 2. The van der Waals surface area contributed by atoms with Crippen LogP contribution in [0.25, 0.3) is 0 Å². The summed E-state index contributed by atoms with van der Waals surface area (Å²) in [5.41, 5.74) is 2.28. The maximum absolute atomic E-state index is 11.0. The molecule has 24 heavy (non-hydrogen) atoms. The van der Waals surface area contributed by atoms with Crippen molar-refractivity contribution in [2.45, 2.75) is 31.5 Å². The molecule has 0 spiro atoms. The lowest BCUT2D eigenvalue weighted by molar-refractivity contribution is -0.0348. The largest absolute Gasteiger partial charge is 0.387 e.